The first kappa shape index (κ1) is 16.5. The minimum atomic E-state index is -4.65. The fraction of sp³-hybridized carbons (Fsp3) is 0.0714. The van der Waals surface area contributed by atoms with Gasteiger partial charge in [-0.05, 0) is 24.3 Å². The number of carbonyl (C=O) groups excluding carboxylic acids is 1. The Kier molecular flexibility index (Phi) is 4.53. The molecular weight excluding hydrogens is 340 g/mol. The van der Waals surface area contributed by atoms with Gasteiger partial charge in [-0.2, -0.15) is 13.2 Å². The maximum Gasteiger partial charge on any atom is 0.417 e. The number of nitrogens with two attached hydrogens (primary N) is 1. The highest BCUT2D eigenvalue weighted by Crippen LogP contribution is 2.35. The van der Waals surface area contributed by atoms with Crippen molar-refractivity contribution in [2.75, 3.05) is 11.1 Å². The fourth-order valence-corrected chi connectivity index (χ4v) is 2.42. The molecule has 3 N–H and O–H groups in total. The second-order valence-electron chi connectivity index (χ2n) is 4.36. The SMILES string of the molecule is Nc1cc(Cl)c(NC(=O)c2ccccc2C(F)(F)F)c(Cl)c1. The van der Waals surface area contributed by atoms with Crippen LogP contribution in [0, 0.1) is 0 Å². The van der Waals surface area contributed by atoms with Crippen molar-refractivity contribution in [3.05, 3.63) is 57.6 Å². The van der Waals surface area contributed by atoms with Gasteiger partial charge in [0.05, 0.1) is 26.9 Å². The highest BCUT2D eigenvalue weighted by molar-refractivity contribution is 6.40. The van der Waals surface area contributed by atoms with Gasteiger partial charge in [0, 0.05) is 5.69 Å². The van der Waals surface area contributed by atoms with Crippen LogP contribution in [-0.2, 0) is 6.18 Å². The predicted molar refractivity (Wildman–Crippen MR) is 80.3 cm³/mol. The van der Waals surface area contributed by atoms with E-state index in [4.69, 9.17) is 28.9 Å². The topological polar surface area (TPSA) is 55.1 Å². The first-order chi connectivity index (χ1) is 10.2. The van der Waals surface area contributed by atoms with E-state index in [0.717, 1.165) is 12.1 Å². The van der Waals surface area contributed by atoms with E-state index in [1.54, 1.807) is 0 Å². The summed E-state index contributed by atoms with van der Waals surface area (Å²) in [5.41, 5.74) is 4.21. The molecule has 0 bridgehead atoms. The van der Waals surface area contributed by atoms with E-state index >= 15 is 0 Å². The lowest BCUT2D eigenvalue weighted by Crippen LogP contribution is -2.19. The zero-order chi connectivity index (χ0) is 16.5. The zero-order valence-corrected chi connectivity index (χ0v) is 12.4. The van der Waals surface area contributed by atoms with Gasteiger partial charge in [-0.15, -0.1) is 0 Å². The number of amides is 1. The van der Waals surface area contributed by atoms with E-state index in [1.807, 2.05) is 0 Å². The van der Waals surface area contributed by atoms with Crippen LogP contribution in [0.5, 0.6) is 0 Å². The smallest absolute Gasteiger partial charge is 0.399 e. The van der Waals surface area contributed by atoms with E-state index < -0.39 is 23.2 Å². The van der Waals surface area contributed by atoms with Crippen molar-refractivity contribution >= 4 is 40.5 Å². The molecule has 0 heterocycles. The Morgan fingerprint density at radius 1 is 1.09 bits per heavy atom. The molecule has 0 atom stereocenters. The van der Waals surface area contributed by atoms with Crippen LogP contribution in [-0.4, -0.2) is 5.91 Å². The molecule has 0 saturated carbocycles. The Labute approximate surface area is 133 Å². The average molecular weight is 349 g/mol. The van der Waals surface area contributed by atoms with Gasteiger partial charge in [-0.3, -0.25) is 4.79 Å². The summed E-state index contributed by atoms with van der Waals surface area (Å²) in [6, 6.07) is 7.08. The predicted octanol–water partition coefficient (Wildman–Crippen LogP) is 4.85. The fourth-order valence-electron chi connectivity index (χ4n) is 1.82. The number of hydrogen-bond donors (Lipinski definition) is 2. The molecule has 2 aromatic carbocycles. The van der Waals surface area contributed by atoms with Gasteiger partial charge >= 0.3 is 6.18 Å². The minimum absolute atomic E-state index is 0.000453. The zero-order valence-electron chi connectivity index (χ0n) is 10.8. The third-order valence-corrected chi connectivity index (χ3v) is 3.38. The molecule has 0 aliphatic carbocycles. The molecule has 0 unspecified atom stereocenters. The third kappa shape index (κ3) is 3.45. The largest absolute Gasteiger partial charge is 0.417 e. The van der Waals surface area contributed by atoms with Crippen molar-refractivity contribution in [1.29, 1.82) is 0 Å². The van der Waals surface area contributed by atoms with E-state index in [2.05, 4.69) is 5.32 Å². The number of hydrogen-bond acceptors (Lipinski definition) is 2. The van der Waals surface area contributed by atoms with Crippen LogP contribution in [0.3, 0.4) is 0 Å². The van der Waals surface area contributed by atoms with Gasteiger partial charge < -0.3 is 11.1 Å². The van der Waals surface area contributed by atoms with Gasteiger partial charge in [0.2, 0.25) is 0 Å². The number of carbonyl (C=O) groups is 1. The molecule has 8 heteroatoms. The van der Waals surface area contributed by atoms with Crippen LogP contribution in [0.25, 0.3) is 0 Å². The molecule has 1 amide bonds. The van der Waals surface area contributed by atoms with Gasteiger partial charge in [-0.1, -0.05) is 35.3 Å². The summed E-state index contributed by atoms with van der Waals surface area (Å²) in [4.78, 5) is 12.1. The Hall–Kier alpha value is -1.92. The molecule has 3 nitrogen and oxygen atoms in total. The van der Waals surface area contributed by atoms with Crippen LogP contribution < -0.4 is 11.1 Å². The molecule has 0 fully saturated rings. The number of anilines is 2. The first-order valence-electron chi connectivity index (χ1n) is 5.92. The Morgan fingerprint density at radius 3 is 2.18 bits per heavy atom. The highest BCUT2D eigenvalue weighted by atomic mass is 35.5. The summed E-state index contributed by atoms with van der Waals surface area (Å²) in [5, 5.41) is 2.34. The molecule has 22 heavy (non-hydrogen) atoms. The van der Waals surface area contributed by atoms with Crippen LogP contribution in [0.2, 0.25) is 10.0 Å². The molecule has 116 valence electrons. The summed E-state index contributed by atoms with van der Waals surface area (Å²) in [6.45, 7) is 0. The van der Waals surface area contributed by atoms with E-state index in [9.17, 15) is 18.0 Å². The minimum Gasteiger partial charge on any atom is -0.399 e. The summed E-state index contributed by atoms with van der Waals surface area (Å²) in [7, 11) is 0. The van der Waals surface area contributed by atoms with Crippen LogP contribution in [0.4, 0.5) is 24.5 Å². The first-order valence-corrected chi connectivity index (χ1v) is 6.68. The number of rotatable bonds is 2. The average Bonchev–Trinajstić information content (AvgIpc) is 2.41. The van der Waals surface area contributed by atoms with Gasteiger partial charge in [0.25, 0.3) is 5.91 Å². The van der Waals surface area contributed by atoms with Crippen molar-refractivity contribution < 1.29 is 18.0 Å². The summed E-state index contributed by atoms with van der Waals surface area (Å²) in [5.74, 6) is -0.971. The van der Waals surface area contributed by atoms with Crippen molar-refractivity contribution in [3.63, 3.8) is 0 Å². The lowest BCUT2D eigenvalue weighted by Gasteiger charge is -2.14. The molecule has 0 spiro atoms. The van der Waals surface area contributed by atoms with Gasteiger partial charge in [-0.25, -0.2) is 0 Å². The molecule has 0 aliphatic rings. The number of nitrogen functional groups attached to an aromatic ring is 1. The Bertz CT molecular complexity index is 709. The molecule has 0 aliphatic heterocycles. The molecule has 0 aromatic heterocycles. The van der Waals surface area contributed by atoms with Gasteiger partial charge in [0.15, 0.2) is 0 Å². The van der Waals surface area contributed by atoms with Gasteiger partial charge in [0.1, 0.15) is 0 Å². The molecule has 2 rings (SSSR count). The van der Waals surface area contributed by atoms with Crippen molar-refractivity contribution in [1.82, 2.24) is 0 Å². The summed E-state index contributed by atoms with van der Waals surface area (Å²) in [6.07, 6.45) is -4.65. The van der Waals surface area contributed by atoms with Crippen molar-refractivity contribution in [3.8, 4) is 0 Å². The van der Waals surface area contributed by atoms with Crippen LogP contribution >= 0.6 is 23.2 Å². The lowest BCUT2D eigenvalue weighted by atomic mass is 10.1. The number of alkyl halides is 3. The summed E-state index contributed by atoms with van der Waals surface area (Å²) >= 11 is 11.8. The van der Waals surface area contributed by atoms with E-state index in [0.29, 0.717) is 0 Å². The lowest BCUT2D eigenvalue weighted by molar-refractivity contribution is -0.137. The van der Waals surface area contributed by atoms with Crippen LogP contribution in [0.1, 0.15) is 15.9 Å². The normalized spacial score (nSPS) is 11.3. The Morgan fingerprint density at radius 2 is 1.64 bits per heavy atom. The van der Waals surface area contributed by atoms with Crippen molar-refractivity contribution in [2.24, 2.45) is 0 Å². The number of benzene rings is 2. The summed E-state index contributed by atoms with van der Waals surface area (Å²) < 4.78 is 38.7. The molecule has 2 aromatic rings. The maximum absolute atomic E-state index is 12.9. The standard InChI is InChI=1S/C14H9Cl2F3N2O/c15-10-5-7(20)6-11(16)12(10)21-13(22)8-3-1-2-4-9(8)14(17,18)19/h1-6H,20H2,(H,21,22). The molecule has 0 saturated heterocycles. The monoisotopic (exact) mass is 348 g/mol. The number of halogens is 5. The van der Waals surface area contributed by atoms with Crippen molar-refractivity contribution in [2.45, 2.75) is 6.18 Å². The maximum atomic E-state index is 12.9. The quantitative estimate of drug-likeness (QED) is 0.762. The van der Waals surface area contributed by atoms with Crippen LogP contribution in [0.15, 0.2) is 36.4 Å². The molecular formula is C14H9Cl2F3N2O. The molecule has 0 radical (unpaired) electrons. The second-order valence-corrected chi connectivity index (χ2v) is 5.17. The second kappa shape index (κ2) is 6.06. The van der Waals surface area contributed by atoms with E-state index in [1.165, 1.54) is 24.3 Å². The third-order valence-electron chi connectivity index (χ3n) is 2.78. The highest BCUT2D eigenvalue weighted by Gasteiger charge is 2.35. The number of nitrogens with one attached hydrogen (secondary N) is 1. The van der Waals surface area contributed by atoms with E-state index in [-0.39, 0.29) is 21.4 Å². The Balaban J connectivity index is 2.40.